The number of nitrogens with zero attached hydrogens (tertiary/aromatic N) is 2. The number of nitrogens with one attached hydrogen (secondary N) is 2. The number of hydrogen-bond acceptors (Lipinski definition) is 8. The minimum Gasteiger partial charge on any atom is -0.491 e. The highest BCUT2D eigenvalue weighted by Gasteiger charge is 2.30. The molecule has 43 heavy (non-hydrogen) atoms. The molecule has 1 aliphatic heterocycles. The van der Waals surface area contributed by atoms with E-state index in [2.05, 4.69) is 5.32 Å². The molecule has 12 nitrogen and oxygen atoms in total. The van der Waals surface area contributed by atoms with Crippen LogP contribution in [0.5, 0.6) is 5.75 Å². The van der Waals surface area contributed by atoms with Crippen molar-refractivity contribution in [3.8, 4) is 5.75 Å². The number of benzene rings is 1. The number of rotatable bonds is 13. The van der Waals surface area contributed by atoms with Gasteiger partial charge in [-0.2, -0.15) is 4.31 Å². The average molecular weight is 619 g/mol. The lowest BCUT2D eigenvalue weighted by Gasteiger charge is -2.26. The minimum atomic E-state index is -3.83. The molecule has 1 aromatic heterocycles. The van der Waals surface area contributed by atoms with Crippen LogP contribution in [-0.4, -0.2) is 73.0 Å². The van der Waals surface area contributed by atoms with Gasteiger partial charge < -0.3 is 19.4 Å². The molecule has 13 heteroatoms. The van der Waals surface area contributed by atoms with Crippen LogP contribution in [0.1, 0.15) is 89.9 Å². The van der Waals surface area contributed by atoms with Gasteiger partial charge in [0.25, 0.3) is 5.91 Å². The van der Waals surface area contributed by atoms with Crippen LogP contribution in [0.15, 0.2) is 23.1 Å². The average Bonchev–Trinajstić information content (AvgIpc) is 3.11. The van der Waals surface area contributed by atoms with E-state index in [9.17, 15) is 22.8 Å². The highest BCUT2D eigenvalue weighted by atomic mass is 32.2. The molecule has 1 aliphatic carbocycles. The summed E-state index contributed by atoms with van der Waals surface area (Å²) in [4.78, 5) is 37.8. The Kier molecular flexibility index (Phi) is 11.4. The van der Waals surface area contributed by atoms with Crippen LogP contribution in [0.2, 0.25) is 0 Å². The number of carbonyl (C=O) groups excluding carboxylic acids is 3. The summed E-state index contributed by atoms with van der Waals surface area (Å²) < 4.78 is 41.3. The number of anilines is 1. The zero-order chi connectivity index (χ0) is 31.0. The number of hydroxylamine groups is 1. The number of morpholine rings is 1. The lowest BCUT2D eigenvalue weighted by Crippen LogP contribution is -2.40. The predicted octanol–water partition coefficient (Wildman–Crippen LogP) is 3.74. The highest BCUT2D eigenvalue weighted by molar-refractivity contribution is 7.89. The van der Waals surface area contributed by atoms with E-state index < -0.39 is 21.8 Å². The molecule has 236 valence electrons. The van der Waals surface area contributed by atoms with Crippen molar-refractivity contribution in [1.29, 1.82) is 0 Å². The van der Waals surface area contributed by atoms with Crippen molar-refractivity contribution in [2.75, 3.05) is 38.2 Å². The third-order valence-corrected chi connectivity index (χ3v) is 9.99. The van der Waals surface area contributed by atoms with Crippen molar-refractivity contribution in [2.45, 2.75) is 76.0 Å². The molecule has 4 rings (SSSR count). The van der Waals surface area contributed by atoms with Crippen molar-refractivity contribution in [2.24, 2.45) is 7.05 Å². The largest absolute Gasteiger partial charge is 0.491 e. The first-order chi connectivity index (χ1) is 20.6. The Hall–Kier alpha value is -3.26. The van der Waals surface area contributed by atoms with E-state index in [1.807, 2.05) is 6.92 Å². The molecule has 1 aromatic carbocycles. The predicted molar refractivity (Wildman–Crippen MR) is 159 cm³/mol. The molecule has 1 fully saturated rings. The van der Waals surface area contributed by atoms with E-state index in [4.69, 9.17) is 14.7 Å². The SMILES string of the molecule is Cc1c2c(c(C(=O)Nc3cc(S(=O)(=O)N4CCOCC4)ccc3OCCCCCCCC(=O)NO)n1C)CCCCC2=O. The van der Waals surface area contributed by atoms with Gasteiger partial charge in [0.05, 0.1) is 30.4 Å². The summed E-state index contributed by atoms with van der Waals surface area (Å²) in [5.41, 5.74) is 4.34. The molecule has 0 unspecified atom stereocenters. The van der Waals surface area contributed by atoms with Gasteiger partial charge in [0.2, 0.25) is 15.9 Å². The third-order valence-electron chi connectivity index (χ3n) is 8.10. The van der Waals surface area contributed by atoms with Crippen LogP contribution in [0.3, 0.4) is 0 Å². The van der Waals surface area contributed by atoms with E-state index in [1.54, 1.807) is 23.2 Å². The smallest absolute Gasteiger partial charge is 0.272 e. The van der Waals surface area contributed by atoms with Gasteiger partial charge in [0.1, 0.15) is 11.4 Å². The minimum absolute atomic E-state index is 0.0407. The van der Waals surface area contributed by atoms with Gasteiger partial charge in [-0.25, -0.2) is 13.9 Å². The number of ether oxygens (including phenoxy) is 2. The first kappa shape index (κ1) is 32.6. The third kappa shape index (κ3) is 7.83. The first-order valence-corrected chi connectivity index (χ1v) is 16.4. The summed E-state index contributed by atoms with van der Waals surface area (Å²) in [7, 11) is -2.06. The van der Waals surface area contributed by atoms with Crippen molar-refractivity contribution in [1.82, 2.24) is 14.4 Å². The number of unbranched alkanes of at least 4 members (excludes halogenated alkanes) is 4. The van der Waals surface area contributed by atoms with Crippen molar-refractivity contribution >= 4 is 33.3 Å². The molecule has 2 amide bonds. The van der Waals surface area contributed by atoms with Gasteiger partial charge in [0, 0.05) is 44.2 Å². The topological polar surface area (TPSA) is 156 Å². The fraction of sp³-hybridized carbons (Fsp3) is 0.567. The Morgan fingerprint density at radius 3 is 2.49 bits per heavy atom. The number of amides is 2. The Bertz CT molecular complexity index is 1430. The van der Waals surface area contributed by atoms with Crippen molar-refractivity contribution < 1.29 is 37.5 Å². The second kappa shape index (κ2) is 15.0. The number of sulfonamides is 1. The van der Waals surface area contributed by atoms with E-state index in [0.29, 0.717) is 56.1 Å². The van der Waals surface area contributed by atoms with E-state index in [1.165, 1.54) is 16.4 Å². The van der Waals surface area contributed by atoms with Crippen LogP contribution in [0.25, 0.3) is 0 Å². The summed E-state index contributed by atoms with van der Waals surface area (Å²) in [5, 5.41) is 11.5. The molecule has 2 aliphatic rings. The molecule has 0 saturated carbocycles. The van der Waals surface area contributed by atoms with Gasteiger partial charge in [-0.15, -0.1) is 0 Å². The van der Waals surface area contributed by atoms with E-state index in [-0.39, 0.29) is 35.9 Å². The monoisotopic (exact) mass is 618 g/mol. The molecule has 0 atom stereocenters. The molecular weight excluding hydrogens is 576 g/mol. The standard InChI is InChI=1S/C30H42N4O8S/c1-21-28-23(10-7-8-11-25(28)35)29(33(21)2)30(37)31-24-20-22(43(39,40)34-15-18-41-19-16-34)13-14-26(24)42-17-9-5-3-4-6-12-27(36)32-38/h13-14,20,38H,3-12,15-19H2,1-2H3,(H,31,37)(H,32,36). The van der Waals surface area contributed by atoms with E-state index >= 15 is 0 Å². The molecule has 0 bridgehead atoms. The molecule has 0 radical (unpaired) electrons. The normalized spacial score (nSPS) is 15.9. The summed E-state index contributed by atoms with van der Waals surface area (Å²) in [6, 6.07) is 4.49. The molecular formula is C30H42N4O8S. The number of ketones is 1. The first-order valence-electron chi connectivity index (χ1n) is 15.0. The zero-order valence-corrected chi connectivity index (χ0v) is 25.8. The molecule has 1 saturated heterocycles. The Labute approximate surface area is 252 Å². The maximum atomic E-state index is 13.8. The van der Waals surface area contributed by atoms with E-state index in [0.717, 1.165) is 49.8 Å². The maximum Gasteiger partial charge on any atom is 0.272 e. The number of fused-ring (bicyclic) bond motifs is 1. The van der Waals surface area contributed by atoms with Crippen molar-refractivity contribution in [3.05, 3.63) is 40.7 Å². The quantitative estimate of drug-likeness (QED) is 0.133. The second-order valence-electron chi connectivity index (χ2n) is 11.0. The summed E-state index contributed by atoms with van der Waals surface area (Å²) >= 11 is 0. The highest BCUT2D eigenvalue weighted by Crippen LogP contribution is 2.33. The fourth-order valence-electron chi connectivity index (χ4n) is 5.66. The summed E-state index contributed by atoms with van der Waals surface area (Å²) in [6.07, 6.45) is 6.90. The lowest BCUT2D eigenvalue weighted by atomic mass is 10.0. The Morgan fingerprint density at radius 1 is 1.05 bits per heavy atom. The number of Topliss-reactive ketones (excluding diaryl/α,β-unsaturated/α-hetero) is 1. The Morgan fingerprint density at radius 2 is 1.74 bits per heavy atom. The zero-order valence-electron chi connectivity index (χ0n) is 24.9. The van der Waals surface area contributed by atoms with Crippen LogP contribution in [0.4, 0.5) is 5.69 Å². The number of aromatic nitrogens is 1. The summed E-state index contributed by atoms with van der Waals surface area (Å²) in [5.74, 6) is -0.440. The Balaban J connectivity index is 1.53. The lowest BCUT2D eigenvalue weighted by molar-refractivity contribution is -0.129. The number of hydrogen-bond donors (Lipinski definition) is 3. The summed E-state index contributed by atoms with van der Waals surface area (Å²) in [6.45, 7) is 3.31. The van der Waals surface area contributed by atoms with Crippen LogP contribution >= 0.6 is 0 Å². The second-order valence-corrected chi connectivity index (χ2v) is 12.9. The van der Waals surface area contributed by atoms with Gasteiger partial charge in [0.15, 0.2) is 5.78 Å². The molecule has 2 heterocycles. The molecule has 3 N–H and O–H groups in total. The number of carbonyl (C=O) groups is 3. The van der Waals surface area contributed by atoms with Gasteiger partial charge >= 0.3 is 0 Å². The van der Waals surface area contributed by atoms with Crippen LogP contribution in [-0.2, 0) is 33.0 Å². The van der Waals surface area contributed by atoms with Crippen LogP contribution in [0, 0.1) is 6.92 Å². The molecule has 0 spiro atoms. The van der Waals surface area contributed by atoms with Crippen molar-refractivity contribution in [3.63, 3.8) is 0 Å². The van der Waals surface area contributed by atoms with Gasteiger partial charge in [-0.3, -0.25) is 19.6 Å². The molecule has 2 aromatic rings. The fourth-order valence-corrected chi connectivity index (χ4v) is 7.09. The van der Waals surface area contributed by atoms with Gasteiger partial charge in [-0.05, 0) is 62.8 Å². The maximum absolute atomic E-state index is 13.8. The van der Waals surface area contributed by atoms with Crippen LogP contribution < -0.4 is 15.5 Å². The van der Waals surface area contributed by atoms with Gasteiger partial charge in [-0.1, -0.05) is 19.3 Å².